The summed E-state index contributed by atoms with van der Waals surface area (Å²) in [6.45, 7) is 7.82. The van der Waals surface area contributed by atoms with Crippen LogP contribution in [-0.4, -0.2) is 25.7 Å². The Kier molecular flexibility index (Phi) is 2.41. The summed E-state index contributed by atoms with van der Waals surface area (Å²) in [6, 6.07) is 3.53. The van der Waals surface area contributed by atoms with Gasteiger partial charge in [0.15, 0.2) is 5.69 Å². The highest BCUT2D eigenvalue weighted by atomic mass is 16.4. The van der Waals surface area contributed by atoms with Gasteiger partial charge in [-0.2, -0.15) is 5.10 Å². The molecule has 0 saturated carbocycles. The topological polar surface area (TPSA) is 67.5 Å². The smallest absolute Gasteiger partial charge is 0.356 e. The van der Waals surface area contributed by atoms with E-state index in [4.69, 9.17) is 5.11 Å². The third-order valence-electron chi connectivity index (χ3n) is 2.50. The van der Waals surface area contributed by atoms with Crippen molar-refractivity contribution in [3.8, 4) is 0 Å². The average Bonchev–Trinajstić information content (AvgIpc) is 2.55. The minimum absolute atomic E-state index is 0.0578. The number of hydrogen-bond acceptors (Lipinski definition) is 3. The number of rotatable bonds is 1. The van der Waals surface area contributed by atoms with Crippen molar-refractivity contribution in [2.75, 3.05) is 0 Å². The summed E-state index contributed by atoms with van der Waals surface area (Å²) in [5, 5.41) is 13.5. The van der Waals surface area contributed by atoms with Crippen molar-refractivity contribution in [1.82, 2.24) is 14.6 Å². The molecule has 5 nitrogen and oxygen atoms in total. The van der Waals surface area contributed by atoms with Crippen LogP contribution in [0.25, 0.3) is 5.52 Å². The number of carbonyl (C=O) groups is 1. The molecule has 0 atom stereocenters. The second-order valence-electron chi connectivity index (χ2n) is 5.11. The van der Waals surface area contributed by atoms with E-state index in [0.717, 1.165) is 5.69 Å². The van der Waals surface area contributed by atoms with Crippen LogP contribution in [0, 0.1) is 6.92 Å². The van der Waals surface area contributed by atoms with Gasteiger partial charge in [0, 0.05) is 5.41 Å². The van der Waals surface area contributed by atoms with Gasteiger partial charge in [0.05, 0.1) is 11.2 Å². The SMILES string of the molecule is Cc1ccc2c(C(=O)O)nc(C(C)(C)C)n2n1. The van der Waals surface area contributed by atoms with Gasteiger partial charge in [-0.1, -0.05) is 20.8 Å². The summed E-state index contributed by atoms with van der Waals surface area (Å²) < 4.78 is 1.62. The zero-order valence-electron chi connectivity index (χ0n) is 10.4. The predicted octanol–water partition coefficient (Wildman–Crippen LogP) is 2.03. The largest absolute Gasteiger partial charge is 0.476 e. The normalized spacial score (nSPS) is 12.0. The van der Waals surface area contributed by atoms with Gasteiger partial charge in [-0.3, -0.25) is 0 Å². The van der Waals surface area contributed by atoms with Crippen LogP contribution in [0.3, 0.4) is 0 Å². The zero-order valence-corrected chi connectivity index (χ0v) is 10.4. The van der Waals surface area contributed by atoms with E-state index >= 15 is 0 Å². The van der Waals surface area contributed by atoms with E-state index in [2.05, 4.69) is 10.1 Å². The third-order valence-corrected chi connectivity index (χ3v) is 2.50. The average molecular weight is 233 g/mol. The number of fused-ring (bicyclic) bond motifs is 1. The van der Waals surface area contributed by atoms with Crippen molar-refractivity contribution in [3.05, 3.63) is 29.3 Å². The molecule has 2 rings (SSSR count). The molecule has 0 fully saturated rings. The van der Waals surface area contributed by atoms with Gasteiger partial charge in [-0.25, -0.2) is 14.3 Å². The molecule has 0 radical (unpaired) electrons. The van der Waals surface area contributed by atoms with Gasteiger partial charge in [0.2, 0.25) is 0 Å². The second-order valence-corrected chi connectivity index (χ2v) is 5.11. The first-order valence-electron chi connectivity index (χ1n) is 5.41. The lowest BCUT2D eigenvalue weighted by molar-refractivity contribution is 0.0693. The molecule has 90 valence electrons. The second kappa shape index (κ2) is 3.55. The zero-order chi connectivity index (χ0) is 12.8. The van der Waals surface area contributed by atoms with Crippen LogP contribution in [0.4, 0.5) is 0 Å². The number of nitrogens with zero attached hydrogens (tertiary/aromatic N) is 3. The molecule has 2 aromatic rings. The molecule has 0 saturated heterocycles. The molecule has 0 amide bonds. The lowest BCUT2D eigenvalue weighted by Gasteiger charge is -2.15. The number of aryl methyl sites for hydroxylation is 1. The molecule has 0 bridgehead atoms. The fourth-order valence-corrected chi connectivity index (χ4v) is 1.71. The molecular formula is C12H15N3O2. The van der Waals surface area contributed by atoms with Crippen molar-refractivity contribution in [3.63, 3.8) is 0 Å². The molecule has 1 N–H and O–H groups in total. The number of carboxylic acids is 1. The van der Waals surface area contributed by atoms with Crippen LogP contribution < -0.4 is 0 Å². The van der Waals surface area contributed by atoms with Gasteiger partial charge in [0.25, 0.3) is 0 Å². The van der Waals surface area contributed by atoms with E-state index < -0.39 is 5.97 Å². The molecule has 0 unspecified atom stereocenters. The van der Waals surface area contributed by atoms with Crippen molar-refractivity contribution in [2.24, 2.45) is 0 Å². The summed E-state index contributed by atoms with van der Waals surface area (Å²) in [7, 11) is 0. The van der Waals surface area contributed by atoms with Crippen molar-refractivity contribution in [2.45, 2.75) is 33.1 Å². The maximum absolute atomic E-state index is 11.1. The number of hydrogen-bond donors (Lipinski definition) is 1. The van der Waals surface area contributed by atoms with Gasteiger partial charge < -0.3 is 5.11 Å². The molecule has 5 heteroatoms. The van der Waals surface area contributed by atoms with Crippen LogP contribution in [-0.2, 0) is 5.41 Å². The minimum Gasteiger partial charge on any atom is -0.476 e. The first-order valence-corrected chi connectivity index (χ1v) is 5.41. The Bertz CT molecular complexity index is 594. The maximum atomic E-state index is 11.1. The number of aromatic nitrogens is 3. The van der Waals surface area contributed by atoms with E-state index in [1.165, 1.54) is 0 Å². The summed E-state index contributed by atoms with van der Waals surface area (Å²) in [5.74, 6) is -0.364. The molecular weight excluding hydrogens is 218 g/mol. The molecule has 17 heavy (non-hydrogen) atoms. The van der Waals surface area contributed by atoms with Crippen molar-refractivity contribution in [1.29, 1.82) is 0 Å². The Hall–Kier alpha value is -1.91. The van der Waals surface area contributed by atoms with Crippen LogP contribution in [0.5, 0.6) is 0 Å². The van der Waals surface area contributed by atoms with Gasteiger partial charge in [-0.15, -0.1) is 0 Å². The first-order chi connectivity index (χ1) is 7.80. The number of imidazole rings is 1. The molecule has 0 spiro atoms. The minimum atomic E-state index is -1.02. The van der Waals surface area contributed by atoms with E-state index in [-0.39, 0.29) is 11.1 Å². The van der Waals surface area contributed by atoms with Crippen molar-refractivity contribution >= 4 is 11.5 Å². The van der Waals surface area contributed by atoms with Crippen LogP contribution >= 0.6 is 0 Å². The van der Waals surface area contributed by atoms with Crippen LogP contribution in [0.15, 0.2) is 12.1 Å². The Morgan fingerprint density at radius 3 is 2.53 bits per heavy atom. The van der Waals surface area contributed by atoms with Gasteiger partial charge in [0.1, 0.15) is 5.82 Å². The van der Waals surface area contributed by atoms with Crippen molar-refractivity contribution < 1.29 is 9.90 Å². The Morgan fingerprint density at radius 2 is 2.00 bits per heavy atom. The van der Waals surface area contributed by atoms with Gasteiger partial charge >= 0.3 is 5.97 Å². The molecule has 2 heterocycles. The highest BCUT2D eigenvalue weighted by Crippen LogP contribution is 2.24. The van der Waals surface area contributed by atoms with Crippen LogP contribution in [0.1, 0.15) is 42.8 Å². The summed E-state index contributed by atoms with van der Waals surface area (Å²) in [6.07, 6.45) is 0. The van der Waals surface area contributed by atoms with E-state index in [1.54, 1.807) is 16.6 Å². The Morgan fingerprint density at radius 1 is 1.35 bits per heavy atom. The monoisotopic (exact) mass is 233 g/mol. The summed E-state index contributed by atoms with van der Waals surface area (Å²) in [5.41, 5.74) is 1.17. The fraction of sp³-hybridized carbons (Fsp3) is 0.417. The quantitative estimate of drug-likeness (QED) is 0.818. The highest BCUT2D eigenvalue weighted by Gasteiger charge is 2.25. The molecule has 0 aliphatic heterocycles. The van der Waals surface area contributed by atoms with Crippen LogP contribution in [0.2, 0.25) is 0 Å². The molecule has 0 aliphatic rings. The highest BCUT2D eigenvalue weighted by molar-refractivity contribution is 5.93. The molecule has 0 aliphatic carbocycles. The van der Waals surface area contributed by atoms with E-state index in [0.29, 0.717) is 11.3 Å². The Balaban J connectivity index is 2.85. The van der Waals surface area contributed by atoms with E-state index in [1.807, 2.05) is 27.7 Å². The van der Waals surface area contributed by atoms with E-state index in [9.17, 15) is 4.79 Å². The standard InChI is InChI=1S/C12H15N3O2/c1-7-5-6-8-9(10(16)17)13-11(12(2,3)4)15(8)14-7/h5-6H,1-4H3,(H,16,17). The first kappa shape index (κ1) is 11.6. The predicted molar refractivity (Wildman–Crippen MR) is 63.4 cm³/mol. The lowest BCUT2D eigenvalue weighted by atomic mass is 9.96. The Labute approximate surface area is 99.1 Å². The summed E-state index contributed by atoms with van der Waals surface area (Å²) >= 11 is 0. The maximum Gasteiger partial charge on any atom is 0.356 e. The van der Waals surface area contributed by atoms with Gasteiger partial charge in [-0.05, 0) is 19.1 Å². The lowest BCUT2D eigenvalue weighted by Crippen LogP contribution is -2.17. The number of aromatic carboxylic acids is 1. The number of carboxylic acid groups (broad SMARTS) is 1. The third kappa shape index (κ3) is 1.88. The molecule has 2 aromatic heterocycles. The summed E-state index contributed by atoms with van der Waals surface area (Å²) in [4.78, 5) is 15.3. The molecule has 0 aromatic carbocycles. The fourth-order valence-electron chi connectivity index (χ4n) is 1.71.